The molecule has 0 spiro atoms. The van der Waals surface area contributed by atoms with E-state index in [9.17, 15) is 26.4 Å². The molecule has 1 amide bonds. The largest absolute Gasteiger partial charge is 0.416 e. The van der Waals surface area contributed by atoms with Crippen LogP contribution in [0.5, 0.6) is 0 Å². The van der Waals surface area contributed by atoms with Gasteiger partial charge in [0.2, 0.25) is 15.9 Å². The molecule has 11 heteroatoms. The van der Waals surface area contributed by atoms with Crippen LogP contribution in [0, 0.1) is 0 Å². The molecule has 4 rings (SSSR count). The van der Waals surface area contributed by atoms with Gasteiger partial charge in [0.15, 0.2) is 0 Å². The number of hydrogen-bond donors (Lipinski definition) is 1. The molecule has 0 saturated carbocycles. The predicted octanol–water partition coefficient (Wildman–Crippen LogP) is 3.87. The Morgan fingerprint density at radius 1 is 1.19 bits per heavy atom. The first-order chi connectivity index (χ1) is 15.1. The topological polar surface area (TPSA) is 79.4 Å². The summed E-state index contributed by atoms with van der Waals surface area (Å²) in [5.41, 5.74) is 1.79. The van der Waals surface area contributed by atoms with E-state index >= 15 is 0 Å². The summed E-state index contributed by atoms with van der Waals surface area (Å²) < 4.78 is 64.5. The number of anilines is 1. The lowest BCUT2D eigenvalue weighted by molar-refractivity contribution is -0.137. The van der Waals surface area contributed by atoms with E-state index in [1.54, 1.807) is 22.4 Å². The molecule has 1 aliphatic rings. The summed E-state index contributed by atoms with van der Waals surface area (Å²) in [5.74, 6) is -0.183. The number of sulfonamides is 1. The van der Waals surface area contributed by atoms with Crippen LogP contribution >= 0.6 is 11.3 Å². The summed E-state index contributed by atoms with van der Waals surface area (Å²) in [5, 5.41) is 2.25. The number of nitrogens with zero attached hydrogens (tertiary/aromatic N) is 2. The molecule has 0 atom stereocenters. The molecular weight excluding hydrogens is 463 g/mol. The third-order valence-electron chi connectivity index (χ3n) is 5.17. The molecule has 0 fully saturated rings. The molecule has 168 valence electrons. The predicted molar refractivity (Wildman–Crippen MR) is 115 cm³/mol. The number of halogens is 3. The van der Waals surface area contributed by atoms with Crippen molar-refractivity contribution in [3.63, 3.8) is 0 Å². The molecule has 0 saturated heterocycles. The smallest absolute Gasteiger partial charge is 0.311 e. The first kappa shape index (κ1) is 22.4. The van der Waals surface area contributed by atoms with E-state index in [4.69, 9.17) is 0 Å². The van der Waals surface area contributed by atoms with Gasteiger partial charge in [0.25, 0.3) is 0 Å². The monoisotopic (exact) mass is 481 g/mol. The van der Waals surface area contributed by atoms with Crippen LogP contribution in [-0.4, -0.2) is 32.9 Å². The molecule has 0 bridgehead atoms. The highest BCUT2D eigenvalue weighted by atomic mass is 32.2. The van der Waals surface area contributed by atoms with Crippen LogP contribution in [0.2, 0.25) is 0 Å². The molecule has 0 radical (unpaired) electrons. The molecule has 6 nitrogen and oxygen atoms in total. The third-order valence-corrected chi connectivity index (χ3v) is 7.52. The normalized spacial score (nSPS) is 13.9. The van der Waals surface area contributed by atoms with Crippen molar-refractivity contribution in [3.05, 3.63) is 64.7 Å². The van der Waals surface area contributed by atoms with Crippen LogP contribution in [0.25, 0.3) is 10.6 Å². The maximum atomic E-state index is 12.9. The van der Waals surface area contributed by atoms with Gasteiger partial charge in [-0.15, -0.1) is 11.3 Å². The van der Waals surface area contributed by atoms with Gasteiger partial charge in [0, 0.05) is 23.2 Å². The number of nitrogens with one attached hydrogen (secondary N) is 1. The molecule has 0 aliphatic carbocycles. The fraction of sp³-hybridized carbons (Fsp3) is 0.238. The molecule has 32 heavy (non-hydrogen) atoms. The van der Waals surface area contributed by atoms with Crippen molar-refractivity contribution in [3.8, 4) is 10.6 Å². The number of aromatic nitrogens is 1. The fourth-order valence-electron chi connectivity index (χ4n) is 3.50. The number of carbonyl (C=O) groups is 1. The van der Waals surface area contributed by atoms with Gasteiger partial charge < -0.3 is 4.90 Å². The highest BCUT2D eigenvalue weighted by Gasteiger charge is 2.30. The summed E-state index contributed by atoms with van der Waals surface area (Å²) in [4.78, 5) is 19.0. The Balaban J connectivity index is 1.48. The second-order valence-corrected chi connectivity index (χ2v) is 9.93. The number of hydrogen-bond acceptors (Lipinski definition) is 5. The Morgan fingerprint density at radius 2 is 1.91 bits per heavy atom. The third kappa shape index (κ3) is 4.41. The fourth-order valence-corrected chi connectivity index (χ4v) is 5.10. The zero-order chi connectivity index (χ0) is 23.1. The summed E-state index contributed by atoms with van der Waals surface area (Å²) in [7, 11) is -2.23. The Morgan fingerprint density at radius 3 is 2.56 bits per heavy atom. The maximum Gasteiger partial charge on any atom is 0.416 e. The van der Waals surface area contributed by atoms with Gasteiger partial charge in [-0.25, -0.2) is 18.1 Å². The minimum atomic E-state index is -4.40. The van der Waals surface area contributed by atoms with Gasteiger partial charge in [0.1, 0.15) is 5.01 Å². The molecule has 1 N–H and O–H groups in total. The van der Waals surface area contributed by atoms with Gasteiger partial charge in [-0.3, -0.25) is 4.79 Å². The summed E-state index contributed by atoms with van der Waals surface area (Å²) in [6, 6.07) is 9.39. The number of amides is 1. The number of thiazole rings is 1. The van der Waals surface area contributed by atoms with E-state index in [0.717, 1.165) is 17.7 Å². The van der Waals surface area contributed by atoms with Gasteiger partial charge in [-0.1, -0.05) is 12.1 Å². The summed E-state index contributed by atoms with van der Waals surface area (Å²) in [6.07, 6.45) is -3.82. The van der Waals surface area contributed by atoms with Crippen molar-refractivity contribution >= 4 is 33.0 Å². The lowest BCUT2D eigenvalue weighted by Crippen LogP contribution is -2.30. The highest BCUT2D eigenvalue weighted by Crippen LogP contribution is 2.33. The van der Waals surface area contributed by atoms with E-state index in [0.29, 0.717) is 34.9 Å². The Labute approximate surface area is 186 Å². The number of fused-ring (bicyclic) bond motifs is 1. The van der Waals surface area contributed by atoms with Crippen molar-refractivity contribution in [2.75, 3.05) is 18.5 Å². The average molecular weight is 482 g/mol. The standard InChI is InChI=1S/C21H18F3N3O3S2/c1-25-32(29,30)17-6-7-18-14(10-17)8-9-27(18)19(28)11-16-12-31-20(26-16)13-2-4-15(5-3-13)21(22,23)24/h2-7,10,12,25H,8-9,11H2,1H3. The van der Waals surface area contributed by atoms with Gasteiger partial charge in [-0.2, -0.15) is 13.2 Å². The second-order valence-electron chi connectivity index (χ2n) is 7.19. The van der Waals surface area contributed by atoms with Crippen LogP contribution in [0.4, 0.5) is 18.9 Å². The molecule has 0 unspecified atom stereocenters. The van der Waals surface area contributed by atoms with Crippen LogP contribution in [-0.2, 0) is 33.8 Å². The number of rotatable bonds is 5. The first-order valence-corrected chi connectivity index (χ1v) is 11.9. The minimum absolute atomic E-state index is 0.0349. The van der Waals surface area contributed by atoms with E-state index in [2.05, 4.69) is 9.71 Å². The SMILES string of the molecule is CNS(=O)(=O)c1ccc2c(c1)CCN2C(=O)Cc1csc(-c2ccc(C(F)(F)F)cc2)n1. The molecule has 2 heterocycles. The van der Waals surface area contributed by atoms with Crippen molar-refractivity contribution in [2.24, 2.45) is 0 Å². The zero-order valence-electron chi connectivity index (χ0n) is 16.8. The average Bonchev–Trinajstić information content (AvgIpc) is 3.39. The summed E-state index contributed by atoms with van der Waals surface area (Å²) in [6.45, 7) is 0.438. The van der Waals surface area contributed by atoms with E-state index < -0.39 is 21.8 Å². The highest BCUT2D eigenvalue weighted by molar-refractivity contribution is 7.89. The Kier molecular flexibility index (Phi) is 5.82. The number of benzene rings is 2. The minimum Gasteiger partial charge on any atom is -0.311 e. The Hall–Kier alpha value is -2.76. The number of alkyl halides is 3. The number of carbonyl (C=O) groups excluding carboxylic acids is 1. The lowest BCUT2D eigenvalue weighted by Gasteiger charge is -2.17. The first-order valence-electron chi connectivity index (χ1n) is 9.57. The van der Waals surface area contributed by atoms with E-state index in [1.165, 1.54) is 36.6 Å². The second kappa shape index (κ2) is 8.30. The molecular formula is C21H18F3N3O3S2. The van der Waals surface area contributed by atoms with Crippen LogP contribution in [0.1, 0.15) is 16.8 Å². The van der Waals surface area contributed by atoms with Crippen molar-refractivity contribution in [1.82, 2.24) is 9.71 Å². The molecule has 3 aromatic rings. The lowest BCUT2D eigenvalue weighted by atomic mass is 10.1. The van der Waals surface area contributed by atoms with Crippen LogP contribution in [0.15, 0.2) is 52.7 Å². The van der Waals surface area contributed by atoms with E-state index in [-0.39, 0.29) is 17.2 Å². The maximum absolute atomic E-state index is 12.9. The van der Waals surface area contributed by atoms with Gasteiger partial charge in [0.05, 0.1) is 22.6 Å². The molecule has 1 aliphatic heterocycles. The quantitative estimate of drug-likeness (QED) is 0.600. The van der Waals surface area contributed by atoms with Crippen molar-refractivity contribution < 1.29 is 26.4 Å². The van der Waals surface area contributed by atoms with Crippen molar-refractivity contribution in [2.45, 2.75) is 23.9 Å². The molecule has 2 aromatic carbocycles. The van der Waals surface area contributed by atoms with E-state index in [1.807, 2.05) is 0 Å². The zero-order valence-corrected chi connectivity index (χ0v) is 18.4. The summed E-state index contributed by atoms with van der Waals surface area (Å²) >= 11 is 1.26. The van der Waals surface area contributed by atoms with Crippen LogP contribution in [0.3, 0.4) is 0 Å². The van der Waals surface area contributed by atoms with Crippen LogP contribution < -0.4 is 9.62 Å². The van der Waals surface area contributed by atoms with Crippen molar-refractivity contribution in [1.29, 1.82) is 0 Å². The van der Waals surface area contributed by atoms with Gasteiger partial charge >= 0.3 is 6.18 Å². The molecule has 1 aromatic heterocycles. The van der Waals surface area contributed by atoms with Gasteiger partial charge in [-0.05, 0) is 49.4 Å². The Bertz CT molecular complexity index is 1270.